The van der Waals surface area contributed by atoms with Gasteiger partial charge in [-0.25, -0.2) is 8.42 Å². The standard InChI is InChI=1S/C10H16N4O3S/c1-7-8(12-14(4)11-7)6-18(15,16)9-5-10(2,3)17-13-9/h5-6H2,1-4H3. The van der Waals surface area contributed by atoms with E-state index < -0.39 is 15.4 Å². The maximum absolute atomic E-state index is 12.2. The maximum Gasteiger partial charge on any atom is 0.200 e. The van der Waals surface area contributed by atoms with Gasteiger partial charge in [-0.2, -0.15) is 15.0 Å². The van der Waals surface area contributed by atoms with Crippen LogP contribution < -0.4 is 0 Å². The summed E-state index contributed by atoms with van der Waals surface area (Å²) < 4.78 is 24.3. The molecule has 2 rings (SSSR count). The van der Waals surface area contributed by atoms with Crippen molar-refractivity contribution in [3.8, 4) is 0 Å². The Morgan fingerprint density at radius 3 is 2.50 bits per heavy atom. The first kappa shape index (κ1) is 13.0. The molecule has 1 aromatic rings. The van der Waals surface area contributed by atoms with Crippen molar-refractivity contribution in [3.05, 3.63) is 11.4 Å². The van der Waals surface area contributed by atoms with Crippen LogP contribution in [0.2, 0.25) is 0 Å². The molecule has 0 radical (unpaired) electrons. The van der Waals surface area contributed by atoms with Crippen LogP contribution in [0.5, 0.6) is 0 Å². The summed E-state index contributed by atoms with van der Waals surface area (Å²) in [4.78, 5) is 6.44. The van der Waals surface area contributed by atoms with Gasteiger partial charge < -0.3 is 4.84 Å². The fraction of sp³-hybridized carbons (Fsp3) is 0.700. The van der Waals surface area contributed by atoms with Crippen LogP contribution in [-0.2, 0) is 27.5 Å². The Labute approximate surface area is 106 Å². The largest absolute Gasteiger partial charge is 0.389 e. The van der Waals surface area contributed by atoms with Gasteiger partial charge in [-0.1, -0.05) is 5.16 Å². The van der Waals surface area contributed by atoms with Crippen molar-refractivity contribution in [2.24, 2.45) is 12.2 Å². The second-order valence-corrected chi connectivity index (χ2v) is 6.98. The summed E-state index contributed by atoms with van der Waals surface area (Å²) in [5.41, 5.74) is 0.504. The zero-order valence-electron chi connectivity index (χ0n) is 10.8. The Bertz CT molecular complexity index is 601. The molecule has 2 heterocycles. The van der Waals surface area contributed by atoms with Crippen LogP contribution in [0, 0.1) is 6.92 Å². The van der Waals surface area contributed by atoms with Gasteiger partial charge in [-0.05, 0) is 20.8 Å². The molecule has 0 aromatic carbocycles. The van der Waals surface area contributed by atoms with Crippen molar-refractivity contribution in [2.45, 2.75) is 38.5 Å². The first-order valence-corrected chi connectivity index (χ1v) is 7.19. The lowest BCUT2D eigenvalue weighted by Gasteiger charge is -2.13. The Morgan fingerprint density at radius 1 is 1.39 bits per heavy atom. The predicted molar refractivity (Wildman–Crippen MR) is 65.6 cm³/mol. The molecule has 18 heavy (non-hydrogen) atoms. The lowest BCUT2D eigenvalue weighted by atomic mass is 10.1. The van der Waals surface area contributed by atoms with E-state index >= 15 is 0 Å². The van der Waals surface area contributed by atoms with E-state index in [1.165, 1.54) is 4.80 Å². The fourth-order valence-corrected chi connectivity index (χ4v) is 3.22. The van der Waals surface area contributed by atoms with Crippen LogP contribution in [0.15, 0.2) is 5.16 Å². The SMILES string of the molecule is Cc1nn(C)nc1CS(=O)(=O)C1=NOC(C)(C)C1. The Balaban J connectivity index is 2.21. The van der Waals surface area contributed by atoms with Crippen molar-refractivity contribution in [3.63, 3.8) is 0 Å². The highest BCUT2D eigenvalue weighted by Crippen LogP contribution is 2.26. The number of aryl methyl sites for hydroxylation is 2. The summed E-state index contributed by atoms with van der Waals surface area (Å²) in [6.07, 6.45) is 0.286. The first-order valence-electron chi connectivity index (χ1n) is 5.54. The lowest BCUT2D eigenvalue weighted by molar-refractivity contribution is 0.0123. The topological polar surface area (TPSA) is 86.4 Å². The minimum atomic E-state index is -3.48. The molecular formula is C10H16N4O3S. The van der Waals surface area contributed by atoms with Gasteiger partial charge in [-0.15, -0.1) is 0 Å². The highest BCUT2D eigenvalue weighted by molar-refractivity contribution is 8.05. The van der Waals surface area contributed by atoms with E-state index in [-0.39, 0.29) is 17.2 Å². The summed E-state index contributed by atoms with van der Waals surface area (Å²) >= 11 is 0. The molecule has 7 nitrogen and oxygen atoms in total. The average molecular weight is 272 g/mol. The molecule has 0 bridgehead atoms. The fourth-order valence-electron chi connectivity index (χ4n) is 1.71. The Hall–Kier alpha value is -1.44. The van der Waals surface area contributed by atoms with Gasteiger partial charge in [0.05, 0.1) is 5.69 Å². The van der Waals surface area contributed by atoms with Crippen LogP contribution in [0.1, 0.15) is 31.7 Å². The average Bonchev–Trinajstić information content (AvgIpc) is 2.70. The number of oxime groups is 1. The Morgan fingerprint density at radius 2 is 2.06 bits per heavy atom. The quantitative estimate of drug-likeness (QED) is 0.784. The van der Waals surface area contributed by atoms with E-state index in [4.69, 9.17) is 4.84 Å². The van der Waals surface area contributed by atoms with E-state index in [1.54, 1.807) is 27.8 Å². The van der Waals surface area contributed by atoms with Gasteiger partial charge in [0, 0.05) is 13.5 Å². The molecule has 1 aliphatic rings. The van der Waals surface area contributed by atoms with E-state index in [0.29, 0.717) is 11.4 Å². The van der Waals surface area contributed by atoms with Gasteiger partial charge in [0.2, 0.25) is 9.84 Å². The smallest absolute Gasteiger partial charge is 0.200 e. The van der Waals surface area contributed by atoms with Crippen LogP contribution in [0.3, 0.4) is 0 Å². The molecule has 0 unspecified atom stereocenters. The van der Waals surface area contributed by atoms with Crippen molar-refractivity contribution >= 4 is 14.9 Å². The van der Waals surface area contributed by atoms with Crippen molar-refractivity contribution in [1.29, 1.82) is 0 Å². The number of sulfone groups is 1. The molecule has 0 fully saturated rings. The summed E-state index contributed by atoms with van der Waals surface area (Å²) in [5, 5.41) is 11.8. The van der Waals surface area contributed by atoms with E-state index in [1.807, 2.05) is 0 Å². The van der Waals surface area contributed by atoms with E-state index in [0.717, 1.165) is 0 Å². The first-order chi connectivity index (χ1) is 8.20. The van der Waals surface area contributed by atoms with Crippen molar-refractivity contribution in [2.75, 3.05) is 0 Å². The third-order valence-electron chi connectivity index (χ3n) is 2.64. The minimum absolute atomic E-state index is 0.0811. The van der Waals surface area contributed by atoms with Crippen molar-refractivity contribution in [1.82, 2.24) is 15.0 Å². The number of nitrogens with zero attached hydrogens (tertiary/aromatic N) is 4. The summed E-state index contributed by atoms with van der Waals surface area (Å²) in [6, 6.07) is 0. The molecule has 8 heteroatoms. The van der Waals surface area contributed by atoms with Crippen LogP contribution in [0.4, 0.5) is 0 Å². The molecule has 1 aromatic heterocycles. The molecule has 100 valence electrons. The van der Waals surface area contributed by atoms with Crippen molar-refractivity contribution < 1.29 is 13.3 Å². The van der Waals surface area contributed by atoms with E-state index in [9.17, 15) is 8.42 Å². The number of aromatic nitrogens is 3. The third-order valence-corrected chi connectivity index (χ3v) is 4.23. The van der Waals surface area contributed by atoms with Gasteiger partial charge in [-0.3, -0.25) is 0 Å². The highest BCUT2D eigenvalue weighted by Gasteiger charge is 2.36. The molecule has 1 aliphatic heterocycles. The van der Waals surface area contributed by atoms with Gasteiger partial charge >= 0.3 is 0 Å². The summed E-state index contributed by atoms with van der Waals surface area (Å²) in [5.74, 6) is -0.190. The van der Waals surface area contributed by atoms with Crippen LogP contribution >= 0.6 is 0 Å². The lowest BCUT2D eigenvalue weighted by Crippen LogP contribution is -2.23. The zero-order valence-corrected chi connectivity index (χ0v) is 11.7. The monoisotopic (exact) mass is 272 g/mol. The highest BCUT2D eigenvalue weighted by atomic mass is 32.2. The van der Waals surface area contributed by atoms with Crippen LogP contribution in [0.25, 0.3) is 0 Å². The van der Waals surface area contributed by atoms with Gasteiger partial charge in [0.25, 0.3) is 0 Å². The maximum atomic E-state index is 12.2. The minimum Gasteiger partial charge on any atom is -0.389 e. The molecule has 0 saturated heterocycles. The number of hydrogen-bond donors (Lipinski definition) is 0. The second kappa shape index (κ2) is 4.04. The number of hydrogen-bond acceptors (Lipinski definition) is 6. The predicted octanol–water partition coefficient (Wildman–Crippen LogP) is 0.551. The van der Waals surface area contributed by atoms with Crippen LogP contribution in [-0.4, -0.2) is 34.1 Å². The van der Waals surface area contributed by atoms with Gasteiger partial charge in [0.1, 0.15) is 17.0 Å². The molecule has 0 aliphatic carbocycles. The van der Waals surface area contributed by atoms with Gasteiger partial charge in [0.15, 0.2) is 5.04 Å². The normalized spacial score (nSPS) is 18.6. The Kier molecular flexibility index (Phi) is 2.92. The summed E-state index contributed by atoms with van der Waals surface area (Å²) in [6.45, 7) is 5.33. The second-order valence-electron chi connectivity index (χ2n) is 4.99. The molecule has 0 amide bonds. The zero-order chi connectivity index (χ0) is 13.6. The number of rotatable bonds is 2. The molecule has 0 saturated carbocycles. The summed E-state index contributed by atoms with van der Waals surface area (Å²) in [7, 11) is -1.83. The molecule has 0 N–H and O–H groups in total. The van der Waals surface area contributed by atoms with E-state index in [2.05, 4.69) is 15.4 Å². The molecule has 0 atom stereocenters. The third kappa shape index (κ3) is 2.53. The molecular weight excluding hydrogens is 256 g/mol. The molecule has 0 spiro atoms.